The van der Waals surface area contributed by atoms with E-state index >= 15 is 0 Å². The molecule has 0 spiro atoms. The first-order valence-corrected chi connectivity index (χ1v) is 7.72. The van der Waals surface area contributed by atoms with Gasteiger partial charge in [0, 0.05) is 11.1 Å². The van der Waals surface area contributed by atoms with Gasteiger partial charge < -0.3 is 11.1 Å². The van der Waals surface area contributed by atoms with Crippen molar-refractivity contribution in [2.45, 2.75) is 57.0 Å². The number of benzene rings is 1. The van der Waals surface area contributed by atoms with E-state index in [2.05, 4.69) is 5.32 Å². The van der Waals surface area contributed by atoms with Crippen molar-refractivity contribution in [2.75, 3.05) is 0 Å². The Labute approximate surface area is 125 Å². The standard InChI is InChI=1S/C16H23ClN2O/c1-12(11-13-5-7-14(17)8-6-13)19-15(20)16(18)9-3-2-4-10-16/h5-8,12H,2-4,9-11,18H2,1H3,(H,19,20). The molecule has 3 N–H and O–H groups in total. The average molecular weight is 295 g/mol. The van der Waals surface area contributed by atoms with Gasteiger partial charge in [-0.2, -0.15) is 0 Å². The molecular formula is C16H23ClN2O. The monoisotopic (exact) mass is 294 g/mol. The van der Waals surface area contributed by atoms with Crippen molar-refractivity contribution < 1.29 is 4.79 Å². The summed E-state index contributed by atoms with van der Waals surface area (Å²) in [5.41, 5.74) is 6.74. The van der Waals surface area contributed by atoms with Crippen molar-refractivity contribution >= 4 is 17.5 Å². The Bertz CT molecular complexity index is 452. The fraction of sp³-hybridized carbons (Fsp3) is 0.562. The smallest absolute Gasteiger partial charge is 0.240 e. The molecule has 0 radical (unpaired) electrons. The topological polar surface area (TPSA) is 55.1 Å². The van der Waals surface area contributed by atoms with Crippen LogP contribution in [0, 0.1) is 0 Å². The van der Waals surface area contributed by atoms with Gasteiger partial charge >= 0.3 is 0 Å². The third kappa shape index (κ3) is 3.97. The number of carbonyl (C=O) groups excluding carboxylic acids is 1. The second-order valence-corrected chi connectivity index (χ2v) is 6.36. The lowest BCUT2D eigenvalue weighted by atomic mass is 9.81. The van der Waals surface area contributed by atoms with Crippen molar-refractivity contribution in [3.8, 4) is 0 Å². The number of amides is 1. The van der Waals surface area contributed by atoms with Gasteiger partial charge in [-0.15, -0.1) is 0 Å². The summed E-state index contributed by atoms with van der Waals surface area (Å²) >= 11 is 5.87. The van der Waals surface area contributed by atoms with Gasteiger partial charge in [0.05, 0.1) is 5.54 Å². The van der Waals surface area contributed by atoms with Gasteiger partial charge in [0.1, 0.15) is 0 Å². The zero-order valence-electron chi connectivity index (χ0n) is 12.0. The van der Waals surface area contributed by atoms with E-state index in [4.69, 9.17) is 17.3 Å². The molecular weight excluding hydrogens is 272 g/mol. The van der Waals surface area contributed by atoms with Crippen LogP contribution < -0.4 is 11.1 Å². The van der Waals surface area contributed by atoms with E-state index in [1.54, 1.807) is 0 Å². The lowest BCUT2D eigenvalue weighted by Gasteiger charge is -2.33. The molecule has 1 saturated carbocycles. The summed E-state index contributed by atoms with van der Waals surface area (Å²) in [7, 11) is 0. The average Bonchev–Trinajstić information content (AvgIpc) is 2.42. The van der Waals surface area contributed by atoms with Gasteiger partial charge in [-0.1, -0.05) is 43.0 Å². The van der Waals surface area contributed by atoms with Crippen molar-refractivity contribution in [3.63, 3.8) is 0 Å². The molecule has 1 aliphatic rings. The highest BCUT2D eigenvalue weighted by Gasteiger charge is 2.35. The summed E-state index contributed by atoms with van der Waals surface area (Å²) in [4.78, 5) is 12.3. The van der Waals surface area contributed by atoms with Crippen LogP contribution in [0.15, 0.2) is 24.3 Å². The lowest BCUT2D eigenvalue weighted by molar-refractivity contribution is -0.128. The van der Waals surface area contributed by atoms with Crippen molar-refractivity contribution in [2.24, 2.45) is 5.73 Å². The third-order valence-corrected chi connectivity index (χ3v) is 4.28. The first kappa shape index (κ1) is 15.3. The van der Waals surface area contributed by atoms with Gasteiger partial charge in [-0.3, -0.25) is 4.79 Å². The largest absolute Gasteiger partial charge is 0.352 e. The van der Waals surface area contributed by atoms with Gasteiger partial charge in [0.25, 0.3) is 0 Å². The second kappa shape index (κ2) is 6.59. The maximum absolute atomic E-state index is 12.3. The number of hydrogen-bond acceptors (Lipinski definition) is 2. The van der Waals surface area contributed by atoms with E-state index in [0.29, 0.717) is 0 Å². The Hall–Kier alpha value is -1.06. The predicted octanol–water partition coefficient (Wildman–Crippen LogP) is 3.05. The van der Waals surface area contributed by atoms with Crippen LogP contribution in [0.2, 0.25) is 5.02 Å². The van der Waals surface area contributed by atoms with Crippen molar-refractivity contribution in [3.05, 3.63) is 34.9 Å². The van der Waals surface area contributed by atoms with E-state index in [9.17, 15) is 4.79 Å². The van der Waals surface area contributed by atoms with E-state index in [0.717, 1.165) is 42.7 Å². The second-order valence-electron chi connectivity index (χ2n) is 5.92. The molecule has 1 fully saturated rings. The van der Waals surface area contributed by atoms with Gasteiger partial charge in [0.15, 0.2) is 0 Å². The molecule has 1 unspecified atom stereocenters. The zero-order valence-corrected chi connectivity index (χ0v) is 12.7. The van der Waals surface area contributed by atoms with Crippen LogP contribution in [-0.2, 0) is 11.2 Å². The summed E-state index contributed by atoms with van der Waals surface area (Å²) in [6.45, 7) is 2.01. The highest BCUT2D eigenvalue weighted by Crippen LogP contribution is 2.26. The summed E-state index contributed by atoms with van der Waals surface area (Å²) in [6, 6.07) is 7.80. The zero-order chi connectivity index (χ0) is 14.6. The number of carbonyl (C=O) groups is 1. The van der Waals surface area contributed by atoms with E-state index in [1.165, 1.54) is 6.42 Å². The number of nitrogens with two attached hydrogens (primary N) is 1. The number of halogens is 1. The maximum Gasteiger partial charge on any atom is 0.240 e. The van der Waals surface area contributed by atoms with E-state index in [-0.39, 0.29) is 11.9 Å². The summed E-state index contributed by atoms with van der Waals surface area (Å²) in [5.74, 6) is -0.00124. The Kier molecular flexibility index (Phi) is 5.06. The molecule has 3 nitrogen and oxygen atoms in total. The Morgan fingerprint density at radius 1 is 1.30 bits per heavy atom. The highest BCUT2D eigenvalue weighted by atomic mass is 35.5. The molecule has 2 rings (SSSR count). The molecule has 1 aliphatic carbocycles. The summed E-state index contributed by atoms with van der Waals surface area (Å²) < 4.78 is 0. The van der Waals surface area contributed by atoms with E-state index in [1.807, 2.05) is 31.2 Å². The fourth-order valence-corrected chi connectivity index (χ4v) is 2.93. The molecule has 0 bridgehead atoms. The molecule has 0 aromatic heterocycles. The molecule has 1 aromatic rings. The minimum Gasteiger partial charge on any atom is -0.352 e. The van der Waals surface area contributed by atoms with Crippen LogP contribution in [-0.4, -0.2) is 17.5 Å². The van der Waals surface area contributed by atoms with Gasteiger partial charge in [0.2, 0.25) is 5.91 Å². The van der Waals surface area contributed by atoms with Gasteiger partial charge in [-0.05, 0) is 43.9 Å². The molecule has 4 heteroatoms. The Morgan fingerprint density at radius 2 is 1.90 bits per heavy atom. The molecule has 1 aromatic carbocycles. The Morgan fingerprint density at radius 3 is 2.50 bits per heavy atom. The first-order valence-electron chi connectivity index (χ1n) is 7.34. The van der Waals surface area contributed by atoms with Crippen LogP contribution in [0.1, 0.15) is 44.6 Å². The molecule has 110 valence electrons. The normalized spacial score (nSPS) is 19.4. The minimum absolute atomic E-state index is 0.00124. The molecule has 0 saturated heterocycles. The number of nitrogens with one attached hydrogen (secondary N) is 1. The first-order chi connectivity index (χ1) is 9.49. The molecule has 20 heavy (non-hydrogen) atoms. The number of rotatable bonds is 4. The number of hydrogen-bond donors (Lipinski definition) is 2. The molecule has 1 atom stereocenters. The molecule has 1 amide bonds. The molecule has 0 heterocycles. The highest BCUT2D eigenvalue weighted by molar-refractivity contribution is 6.30. The van der Waals surface area contributed by atoms with Gasteiger partial charge in [-0.25, -0.2) is 0 Å². The van der Waals surface area contributed by atoms with Crippen molar-refractivity contribution in [1.29, 1.82) is 0 Å². The van der Waals surface area contributed by atoms with Crippen LogP contribution in [0.25, 0.3) is 0 Å². The lowest BCUT2D eigenvalue weighted by Crippen LogP contribution is -2.56. The van der Waals surface area contributed by atoms with Crippen molar-refractivity contribution in [1.82, 2.24) is 5.32 Å². The fourth-order valence-electron chi connectivity index (χ4n) is 2.80. The van der Waals surface area contributed by atoms with Crippen LogP contribution in [0.5, 0.6) is 0 Å². The van der Waals surface area contributed by atoms with Crippen LogP contribution >= 0.6 is 11.6 Å². The predicted molar refractivity (Wildman–Crippen MR) is 82.8 cm³/mol. The summed E-state index contributed by atoms with van der Waals surface area (Å²) in [6.07, 6.45) is 5.68. The quantitative estimate of drug-likeness (QED) is 0.897. The van der Waals surface area contributed by atoms with Crippen LogP contribution in [0.4, 0.5) is 0 Å². The van der Waals surface area contributed by atoms with E-state index < -0.39 is 5.54 Å². The Balaban J connectivity index is 1.88. The minimum atomic E-state index is -0.660. The third-order valence-electron chi connectivity index (χ3n) is 4.03. The maximum atomic E-state index is 12.3. The summed E-state index contributed by atoms with van der Waals surface area (Å²) in [5, 5.41) is 3.79. The SMILES string of the molecule is CC(Cc1ccc(Cl)cc1)NC(=O)C1(N)CCCCC1. The van der Waals surface area contributed by atoms with Crippen LogP contribution in [0.3, 0.4) is 0 Å². The molecule has 0 aliphatic heterocycles.